The molecule has 0 amide bonds. The van der Waals surface area contributed by atoms with Crippen molar-refractivity contribution in [2.24, 2.45) is 11.8 Å². The summed E-state index contributed by atoms with van der Waals surface area (Å²) in [7, 11) is 4.30. The summed E-state index contributed by atoms with van der Waals surface area (Å²) >= 11 is 0. The predicted molar refractivity (Wildman–Crippen MR) is 70.8 cm³/mol. The summed E-state index contributed by atoms with van der Waals surface area (Å²) in [5, 5.41) is 3.49. The molecule has 0 aromatic carbocycles. The van der Waals surface area contributed by atoms with E-state index >= 15 is 0 Å². The van der Waals surface area contributed by atoms with Crippen LogP contribution in [-0.4, -0.2) is 63.2 Å². The Kier molecular flexibility index (Phi) is 6.32. The highest BCUT2D eigenvalue weighted by Gasteiger charge is 2.24. The van der Waals surface area contributed by atoms with Crippen LogP contribution in [0.1, 0.15) is 20.3 Å². The standard InChI is InChI=1S/C13H29N3/c1-5-16(8-6-7-15(3)4)11-13-10-14-9-12(13)2/h12-14H,5-11H2,1-4H3. The lowest BCUT2D eigenvalue weighted by molar-refractivity contribution is 0.217. The van der Waals surface area contributed by atoms with Gasteiger partial charge in [-0.25, -0.2) is 0 Å². The molecule has 0 radical (unpaired) electrons. The number of rotatable bonds is 7. The molecule has 0 aliphatic carbocycles. The summed E-state index contributed by atoms with van der Waals surface area (Å²) in [6, 6.07) is 0. The molecule has 1 fully saturated rings. The molecule has 0 bridgehead atoms. The fraction of sp³-hybridized carbons (Fsp3) is 1.00. The zero-order chi connectivity index (χ0) is 12.0. The SMILES string of the molecule is CCN(CCCN(C)C)CC1CNCC1C. The van der Waals surface area contributed by atoms with Gasteiger partial charge in [-0.05, 0) is 65.1 Å². The molecular weight excluding hydrogens is 198 g/mol. The topological polar surface area (TPSA) is 18.5 Å². The van der Waals surface area contributed by atoms with E-state index in [0.717, 1.165) is 11.8 Å². The molecule has 0 aromatic heterocycles. The van der Waals surface area contributed by atoms with E-state index in [1.54, 1.807) is 0 Å². The van der Waals surface area contributed by atoms with Gasteiger partial charge in [0.15, 0.2) is 0 Å². The number of hydrogen-bond donors (Lipinski definition) is 1. The first-order valence-electron chi connectivity index (χ1n) is 6.71. The van der Waals surface area contributed by atoms with Crippen molar-refractivity contribution in [3.63, 3.8) is 0 Å². The smallest absolute Gasteiger partial charge is 0.00247 e. The lowest BCUT2D eigenvalue weighted by atomic mass is 9.97. The number of nitrogens with one attached hydrogen (secondary N) is 1. The van der Waals surface area contributed by atoms with Gasteiger partial charge in [0.05, 0.1) is 0 Å². The molecular formula is C13H29N3. The monoisotopic (exact) mass is 227 g/mol. The Labute approximate surface area is 101 Å². The third kappa shape index (κ3) is 4.81. The second kappa shape index (κ2) is 7.25. The van der Waals surface area contributed by atoms with Crippen LogP contribution >= 0.6 is 0 Å². The second-order valence-corrected chi connectivity index (χ2v) is 5.45. The minimum absolute atomic E-state index is 0.850. The van der Waals surface area contributed by atoms with Gasteiger partial charge in [-0.3, -0.25) is 0 Å². The molecule has 0 saturated carbocycles. The molecule has 0 spiro atoms. The van der Waals surface area contributed by atoms with Gasteiger partial charge in [0, 0.05) is 6.54 Å². The first-order chi connectivity index (χ1) is 7.63. The quantitative estimate of drug-likeness (QED) is 0.703. The molecule has 96 valence electrons. The van der Waals surface area contributed by atoms with Gasteiger partial charge in [0.25, 0.3) is 0 Å². The van der Waals surface area contributed by atoms with E-state index in [1.165, 1.54) is 45.7 Å². The van der Waals surface area contributed by atoms with E-state index in [2.05, 4.69) is 43.1 Å². The highest BCUT2D eigenvalue weighted by atomic mass is 15.1. The van der Waals surface area contributed by atoms with E-state index < -0.39 is 0 Å². The molecule has 2 atom stereocenters. The highest BCUT2D eigenvalue weighted by molar-refractivity contribution is 4.80. The Bertz CT molecular complexity index is 182. The highest BCUT2D eigenvalue weighted by Crippen LogP contribution is 2.17. The van der Waals surface area contributed by atoms with Gasteiger partial charge in [-0.1, -0.05) is 13.8 Å². The number of hydrogen-bond acceptors (Lipinski definition) is 3. The molecule has 1 rings (SSSR count). The van der Waals surface area contributed by atoms with Crippen LogP contribution < -0.4 is 5.32 Å². The molecule has 16 heavy (non-hydrogen) atoms. The summed E-state index contributed by atoms with van der Waals surface area (Å²) in [5.41, 5.74) is 0. The summed E-state index contributed by atoms with van der Waals surface area (Å²) in [6.07, 6.45) is 1.29. The normalized spacial score (nSPS) is 25.9. The summed E-state index contributed by atoms with van der Waals surface area (Å²) in [6.45, 7) is 12.0. The minimum atomic E-state index is 0.850. The Balaban J connectivity index is 2.20. The third-order valence-corrected chi connectivity index (χ3v) is 3.70. The van der Waals surface area contributed by atoms with Crippen molar-refractivity contribution in [3.8, 4) is 0 Å². The van der Waals surface area contributed by atoms with E-state index in [1.807, 2.05) is 0 Å². The fourth-order valence-corrected chi connectivity index (χ4v) is 2.43. The summed E-state index contributed by atoms with van der Waals surface area (Å²) < 4.78 is 0. The molecule has 1 heterocycles. The van der Waals surface area contributed by atoms with E-state index in [4.69, 9.17) is 0 Å². The first kappa shape index (κ1) is 13.9. The van der Waals surface area contributed by atoms with Crippen molar-refractivity contribution in [2.45, 2.75) is 20.3 Å². The maximum absolute atomic E-state index is 3.49. The Hall–Kier alpha value is -0.120. The van der Waals surface area contributed by atoms with Gasteiger partial charge in [0.1, 0.15) is 0 Å². The van der Waals surface area contributed by atoms with Crippen LogP contribution in [0.5, 0.6) is 0 Å². The van der Waals surface area contributed by atoms with Gasteiger partial charge in [-0.2, -0.15) is 0 Å². The van der Waals surface area contributed by atoms with Crippen LogP contribution in [-0.2, 0) is 0 Å². The molecule has 0 aromatic rings. The third-order valence-electron chi connectivity index (χ3n) is 3.70. The maximum Gasteiger partial charge on any atom is 0.00247 e. The van der Waals surface area contributed by atoms with Crippen LogP contribution in [0.2, 0.25) is 0 Å². The first-order valence-corrected chi connectivity index (χ1v) is 6.71. The largest absolute Gasteiger partial charge is 0.316 e. The average Bonchev–Trinajstić information content (AvgIpc) is 2.62. The fourth-order valence-electron chi connectivity index (χ4n) is 2.43. The van der Waals surface area contributed by atoms with Crippen molar-refractivity contribution in [1.82, 2.24) is 15.1 Å². The molecule has 1 N–H and O–H groups in total. The van der Waals surface area contributed by atoms with Crippen LogP contribution in [0.25, 0.3) is 0 Å². The van der Waals surface area contributed by atoms with Gasteiger partial charge in [0.2, 0.25) is 0 Å². The molecule has 3 heteroatoms. The molecule has 1 aliphatic rings. The van der Waals surface area contributed by atoms with Crippen molar-refractivity contribution in [1.29, 1.82) is 0 Å². The zero-order valence-corrected chi connectivity index (χ0v) is 11.5. The average molecular weight is 227 g/mol. The summed E-state index contributed by atoms with van der Waals surface area (Å²) in [5.74, 6) is 1.71. The minimum Gasteiger partial charge on any atom is -0.316 e. The van der Waals surface area contributed by atoms with Crippen molar-refractivity contribution in [3.05, 3.63) is 0 Å². The van der Waals surface area contributed by atoms with Crippen molar-refractivity contribution < 1.29 is 0 Å². The maximum atomic E-state index is 3.49. The van der Waals surface area contributed by atoms with Crippen LogP contribution in [0.15, 0.2) is 0 Å². The Morgan fingerprint density at radius 1 is 1.19 bits per heavy atom. The molecule has 3 nitrogen and oxygen atoms in total. The van der Waals surface area contributed by atoms with E-state index in [0.29, 0.717) is 0 Å². The summed E-state index contributed by atoms with van der Waals surface area (Å²) in [4.78, 5) is 4.88. The van der Waals surface area contributed by atoms with Crippen molar-refractivity contribution in [2.75, 3.05) is 53.4 Å². The van der Waals surface area contributed by atoms with E-state index in [-0.39, 0.29) is 0 Å². The zero-order valence-electron chi connectivity index (χ0n) is 11.5. The van der Waals surface area contributed by atoms with Crippen LogP contribution in [0.3, 0.4) is 0 Å². The Morgan fingerprint density at radius 2 is 1.94 bits per heavy atom. The van der Waals surface area contributed by atoms with Crippen LogP contribution in [0, 0.1) is 11.8 Å². The molecule has 1 saturated heterocycles. The van der Waals surface area contributed by atoms with Crippen LogP contribution in [0.4, 0.5) is 0 Å². The lowest BCUT2D eigenvalue weighted by Crippen LogP contribution is -2.34. The second-order valence-electron chi connectivity index (χ2n) is 5.45. The molecule has 2 unspecified atom stereocenters. The lowest BCUT2D eigenvalue weighted by Gasteiger charge is -2.26. The number of nitrogens with zero attached hydrogens (tertiary/aromatic N) is 2. The predicted octanol–water partition coefficient (Wildman–Crippen LogP) is 1.12. The van der Waals surface area contributed by atoms with Gasteiger partial charge >= 0.3 is 0 Å². The van der Waals surface area contributed by atoms with Gasteiger partial charge < -0.3 is 15.1 Å². The van der Waals surface area contributed by atoms with Gasteiger partial charge in [-0.15, -0.1) is 0 Å². The van der Waals surface area contributed by atoms with Crippen molar-refractivity contribution >= 4 is 0 Å². The molecule has 1 aliphatic heterocycles. The Morgan fingerprint density at radius 3 is 2.44 bits per heavy atom. The van der Waals surface area contributed by atoms with E-state index in [9.17, 15) is 0 Å².